The topological polar surface area (TPSA) is 72.1 Å². The first kappa shape index (κ1) is 22.6. The van der Waals surface area contributed by atoms with Crippen LogP contribution < -0.4 is 10.6 Å². The molecule has 0 radical (unpaired) electrons. The van der Waals surface area contributed by atoms with E-state index in [1.807, 2.05) is 39.9 Å². The largest absolute Gasteiger partial charge is 0.366 e. The van der Waals surface area contributed by atoms with Gasteiger partial charge < -0.3 is 10.6 Å². The lowest BCUT2D eigenvalue weighted by Crippen LogP contribution is -2.39. The molecule has 2 N–H and O–H groups in total. The molecule has 168 valence electrons. The number of halogens is 2. The summed E-state index contributed by atoms with van der Waals surface area (Å²) in [7, 11) is 0. The molecule has 0 unspecified atom stereocenters. The average molecular weight is 472 g/mol. The number of anilines is 1. The zero-order valence-electron chi connectivity index (χ0n) is 17.7. The van der Waals surface area contributed by atoms with E-state index >= 15 is 0 Å². The Hall–Kier alpha value is -2.61. The molecule has 32 heavy (non-hydrogen) atoms. The molecule has 1 aliphatic heterocycles. The maximum absolute atomic E-state index is 5.09. The Labute approximate surface area is 199 Å². The molecule has 7 nitrogen and oxygen atoms in total. The second-order valence-electron chi connectivity index (χ2n) is 8.35. The molecule has 2 aliphatic rings. The minimum Gasteiger partial charge on any atom is -0.366 e. The number of hydrogen-bond donors (Lipinski definition) is 2. The van der Waals surface area contributed by atoms with Gasteiger partial charge in [-0.05, 0) is 56.5 Å². The number of piperidine rings is 1. The Bertz CT molecular complexity index is 1200. The van der Waals surface area contributed by atoms with Crippen LogP contribution in [0.25, 0.3) is 11.3 Å². The van der Waals surface area contributed by atoms with Crippen molar-refractivity contribution in [2.24, 2.45) is 0 Å². The molecule has 3 aromatic heterocycles. The van der Waals surface area contributed by atoms with Crippen LogP contribution in [0.3, 0.4) is 0 Å². The van der Waals surface area contributed by atoms with Crippen molar-refractivity contribution < 1.29 is 0 Å². The molecule has 4 aromatic rings. The standard InChI is InChI=1S/C23H25N7.2ClH/c1-2-5-19(29-15-3-11-26-29)17(4-1)16-25-22-18-6-8-23(9-13-24-14-10-23)21(18)28-20-7-12-27-30(20)22;;/h1-5,7,11-12,15,24-25H,6,8-10,13-14,16H2;2*1H. The zero-order chi connectivity index (χ0) is 20.0. The minimum absolute atomic E-state index is 0. The lowest BCUT2D eigenvalue weighted by molar-refractivity contribution is 0.301. The van der Waals surface area contributed by atoms with Crippen molar-refractivity contribution in [1.82, 2.24) is 29.7 Å². The van der Waals surface area contributed by atoms with E-state index in [0.29, 0.717) is 6.54 Å². The van der Waals surface area contributed by atoms with E-state index in [-0.39, 0.29) is 30.2 Å². The number of fused-ring (bicyclic) bond motifs is 3. The summed E-state index contributed by atoms with van der Waals surface area (Å²) in [5, 5.41) is 16.2. The van der Waals surface area contributed by atoms with Crippen molar-refractivity contribution in [3.05, 3.63) is 71.8 Å². The van der Waals surface area contributed by atoms with E-state index in [1.54, 1.807) is 0 Å². The van der Waals surface area contributed by atoms with Gasteiger partial charge >= 0.3 is 0 Å². The second-order valence-corrected chi connectivity index (χ2v) is 8.35. The molecular formula is C23H27Cl2N7. The molecule has 9 heteroatoms. The van der Waals surface area contributed by atoms with E-state index in [4.69, 9.17) is 4.98 Å². The summed E-state index contributed by atoms with van der Waals surface area (Å²) in [6, 6.07) is 12.3. The summed E-state index contributed by atoms with van der Waals surface area (Å²) in [6.45, 7) is 2.85. The molecule has 1 fully saturated rings. The molecule has 0 amide bonds. The Morgan fingerprint density at radius 3 is 2.62 bits per heavy atom. The number of para-hydroxylation sites is 1. The molecule has 0 bridgehead atoms. The van der Waals surface area contributed by atoms with E-state index in [9.17, 15) is 0 Å². The highest BCUT2D eigenvalue weighted by molar-refractivity contribution is 5.85. The van der Waals surface area contributed by atoms with Crippen LogP contribution in [-0.4, -0.2) is 37.5 Å². The van der Waals surface area contributed by atoms with Gasteiger partial charge in [0.15, 0.2) is 5.65 Å². The molecule has 4 heterocycles. The van der Waals surface area contributed by atoms with Gasteiger partial charge in [-0.3, -0.25) is 0 Å². The average Bonchev–Trinajstić information content (AvgIpc) is 3.54. The normalized spacial score (nSPS) is 16.4. The Balaban J connectivity index is 0.00000122. The molecule has 1 aromatic carbocycles. The first-order valence-corrected chi connectivity index (χ1v) is 10.7. The molecule has 1 saturated heterocycles. The van der Waals surface area contributed by atoms with Crippen LogP contribution in [0.5, 0.6) is 0 Å². The highest BCUT2D eigenvalue weighted by Crippen LogP contribution is 2.46. The summed E-state index contributed by atoms with van der Waals surface area (Å²) >= 11 is 0. The number of nitrogens with one attached hydrogen (secondary N) is 2. The summed E-state index contributed by atoms with van der Waals surface area (Å²) in [6.07, 6.45) is 10.2. The first-order valence-electron chi connectivity index (χ1n) is 10.7. The maximum Gasteiger partial charge on any atom is 0.157 e. The third-order valence-electron chi connectivity index (χ3n) is 6.74. The van der Waals surface area contributed by atoms with Crippen LogP contribution in [0.4, 0.5) is 5.82 Å². The summed E-state index contributed by atoms with van der Waals surface area (Å²) in [5.41, 5.74) is 6.06. The van der Waals surface area contributed by atoms with Crippen molar-refractivity contribution in [3.8, 4) is 5.69 Å². The van der Waals surface area contributed by atoms with Crippen LogP contribution in [0.1, 0.15) is 36.1 Å². The third-order valence-corrected chi connectivity index (χ3v) is 6.74. The summed E-state index contributed by atoms with van der Waals surface area (Å²) in [4.78, 5) is 5.09. The molecule has 1 spiro atoms. The maximum atomic E-state index is 5.09. The highest BCUT2D eigenvalue weighted by atomic mass is 35.5. The lowest BCUT2D eigenvalue weighted by atomic mass is 9.77. The van der Waals surface area contributed by atoms with Gasteiger partial charge in [-0.2, -0.15) is 14.7 Å². The van der Waals surface area contributed by atoms with Gasteiger partial charge in [0.25, 0.3) is 0 Å². The Kier molecular flexibility index (Phi) is 6.42. The fourth-order valence-corrected chi connectivity index (χ4v) is 5.18. The Morgan fingerprint density at radius 1 is 0.969 bits per heavy atom. The van der Waals surface area contributed by atoms with E-state index < -0.39 is 0 Å². The van der Waals surface area contributed by atoms with Gasteiger partial charge in [0.1, 0.15) is 5.82 Å². The van der Waals surface area contributed by atoms with Gasteiger partial charge in [0.05, 0.1) is 17.6 Å². The van der Waals surface area contributed by atoms with Gasteiger partial charge in [-0.1, -0.05) is 18.2 Å². The van der Waals surface area contributed by atoms with E-state index in [1.165, 1.54) is 36.1 Å². The van der Waals surface area contributed by atoms with Crippen molar-refractivity contribution in [2.75, 3.05) is 18.4 Å². The zero-order valence-corrected chi connectivity index (χ0v) is 19.3. The van der Waals surface area contributed by atoms with Gasteiger partial charge in [-0.25, -0.2) is 9.67 Å². The molecule has 0 atom stereocenters. The van der Waals surface area contributed by atoms with Crippen LogP contribution in [0.2, 0.25) is 0 Å². The summed E-state index contributed by atoms with van der Waals surface area (Å²) < 4.78 is 3.89. The molecule has 6 rings (SSSR count). The smallest absolute Gasteiger partial charge is 0.157 e. The monoisotopic (exact) mass is 471 g/mol. The van der Waals surface area contributed by atoms with Crippen LogP contribution in [0.15, 0.2) is 55.0 Å². The third kappa shape index (κ3) is 3.64. The fraction of sp³-hybridized carbons (Fsp3) is 0.348. The molecule has 1 aliphatic carbocycles. The van der Waals surface area contributed by atoms with Crippen molar-refractivity contribution in [3.63, 3.8) is 0 Å². The predicted molar refractivity (Wildman–Crippen MR) is 130 cm³/mol. The van der Waals surface area contributed by atoms with Crippen LogP contribution in [-0.2, 0) is 18.4 Å². The van der Waals surface area contributed by atoms with Crippen molar-refractivity contribution in [1.29, 1.82) is 0 Å². The van der Waals surface area contributed by atoms with Gasteiger partial charge in [-0.15, -0.1) is 24.8 Å². The SMILES string of the molecule is Cl.Cl.c1ccc(-n2cccn2)c(CNc2c3c(nc4ccnn24)C2(CCNCC2)CC3)c1. The first-order chi connectivity index (χ1) is 14.8. The second kappa shape index (κ2) is 9.10. The number of hydrogen-bond acceptors (Lipinski definition) is 5. The lowest BCUT2D eigenvalue weighted by Gasteiger charge is -2.34. The van der Waals surface area contributed by atoms with Crippen molar-refractivity contribution in [2.45, 2.75) is 37.6 Å². The predicted octanol–water partition coefficient (Wildman–Crippen LogP) is 3.94. The number of rotatable bonds is 4. The van der Waals surface area contributed by atoms with E-state index in [2.05, 4.69) is 45.1 Å². The van der Waals surface area contributed by atoms with Crippen LogP contribution in [0, 0.1) is 0 Å². The Morgan fingerprint density at radius 2 is 1.81 bits per heavy atom. The molecule has 0 saturated carbocycles. The van der Waals surface area contributed by atoms with Gasteiger partial charge in [0, 0.05) is 36.0 Å². The highest BCUT2D eigenvalue weighted by Gasteiger charge is 2.42. The number of aromatic nitrogens is 5. The van der Waals surface area contributed by atoms with E-state index in [0.717, 1.165) is 36.7 Å². The quantitative estimate of drug-likeness (QED) is 0.471. The molecular weight excluding hydrogens is 445 g/mol. The minimum atomic E-state index is 0. The summed E-state index contributed by atoms with van der Waals surface area (Å²) in [5.74, 6) is 1.09. The number of benzene rings is 1. The van der Waals surface area contributed by atoms with Crippen LogP contribution >= 0.6 is 24.8 Å². The van der Waals surface area contributed by atoms with Gasteiger partial charge in [0.2, 0.25) is 0 Å². The number of nitrogens with zero attached hydrogens (tertiary/aromatic N) is 5. The fourth-order valence-electron chi connectivity index (χ4n) is 5.18. The van der Waals surface area contributed by atoms with Crippen molar-refractivity contribution >= 4 is 36.3 Å².